The first-order chi connectivity index (χ1) is 13.7. The summed E-state index contributed by atoms with van der Waals surface area (Å²) in [5.41, 5.74) is 1.18. The molecular formula is C21H15Cl2F3N2O. The van der Waals surface area contributed by atoms with E-state index >= 15 is 0 Å². The molecule has 0 unspecified atom stereocenters. The van der Waals surface area contributed by atoms with Crippen molar-refractivity contribution in [2.45, 2.75) is 25.4 Å². The van der Waals surface area contributed by atoms with Crippen LogP contribution < -0.4 is 0 Å². The van der Waals surface area contributed by atoms with Gasteiger partial charge in [-0.25, -0.2) is 4.98 Å². The molecule has 0 saturated heterocycles. The third-order valence-electron chi connectivity index (χ3n) is 4.30. The van der Waals surface area contributed by atoms with Gasteiger partial charge >= 0.3 is 6.18 Å². The van der Waals surface area contributed by atoms with Gasteiger partial charge in [-0.1, -0.05) is 47.5 Å². The van der Waals surface area contributed by atoms with Crippen LogP contribution in [0.2, 0.25) is 10.3 Å². The second-order valence-electron chi connectivity index (χ2n) is 6.37. The zero-order valence-electron chi connectivity index (χ0n) is 15.0. The van der Waals surface area contributed by atoms with Gasteiger partial charge < -0.3 is 0 Å². The summed E-state index contributed by atoms with van der Waals surface area (Å²) in [6.45, 7) is 0. The number of nitrogens with zero attached hydrogens (tertiary/aromatic N) is 2. The third kappa shape index (κ3) is 5.55. The molecule has 0 bridgehead atoms. The predicted octanol–water partition coefficient (Wildman–Crippen LogP) is 6.67. The zero-order chi connectivity index (χ0) is 21.0. The van der Waals surface area contributed by atoms with Gasteiger partial charge in [-0.3, -0.25) is 9.78 Å². The molecule has 2 aromatic heterocycles. The number of ketones is 1. The van der Waals surface area contributed by atoms with Crippen molar-refractivity contribution in [2.75, 3.05) is 0 Å². The van der Waals surface area contributed by atoms with Gasteiger partial charge in [-0.05, 0) is 53.8 Å². The fourth-order valence-corrected chi connectivity index (χ4v) is 3.40. The summed E-state index contributed by atoms with van der Waals surface area (Å²) >= 11 is 11.8. The Morgan fingerprint density at radius 3 is 2.24 bits per heavy atom. The van der Waals surface area contributed by atoms with Crippen LogP contribution in [0.1, 0.15) is 34.5 Å². The van der Waals surface area contributed by atoms with Crippen molar-refractivity contribution in [3.8, 4) is 11.1 Å². The first-order valence-electron chi connectivity index (χ1n) is 8.72. The number of benzene rings is 1. The molecule has 150 valence electrons. The number of Topliss-reactive ketones (excluding diaryl/α,β-unsaturated/α-hetero) is 1. The molecule has 3 aromatic rings. The Morgan fingerprint density at radius 2 is 1.62 bits per heavy atom. The zero-order valence-corrected chi connectivity index (χ0v) is 16.5. The molecule has 0 fully saturated rings. The summed E-state index contributed by atoms with van der Waals surface area (Å²) in [7, 11) is 0. The predicted molar refractivity (Wildman–Crippen MR) is 106 cm³/mol. The van der Waals surface area contributed by atoms with Gasteiger partial charge in [-0.15, -0.1) is 0 Å². The quantitative estimate of drug-likeness (QED) is 0.318. The molecule has 1 aromatic carbocycles. The molecule has 29 heavy (non-hydrogen) atoms. The van der Waals surface area contributed by atoms with Gasteiger partial charge in [-0.2, -0.15) is 13.2 Å². The summed E-state index contributed by atoms with van der Waals surface area (Å²) in [4.78, 5) is 19.5. The molecule has 0 N–H and O–H groups in total. The first-order valence-corrected chi connectivity index (χ1v) is 9.47. The fraction of sp³-hybridized carbons (Fsp3) is 0.190. The Kier molecular flexibility index (Phi) is 6.55. The van der Waals surface area contributed by atoms with E-state index in [9.17, 15) is 18.0 Å². The summed E-state index contributed by atoms with van der Waals surface area (Å²) in [5.74, 6) is -0.567. The van der Waals surface area contributed by atoms with Crippen LogP contribution in [-0.2, 0) is 12.6 Å². The van der Waals surface area contributed by atoms with Crippen LogP contribution in [0.3, 0.4) is 0 Å². The maximum Gasteiger partial charge on any atom is 0.434 e. The lowest BCUT2D eigenvalue weighted by atomic mass is 9.99. The van der Waals surface area contributed by atoms with Crippen LogP contribution in [0, 0.1) is 0 Å². The molecule has 0 aliphatic heterocycles. The lowest BCUT2D eigenvalue weighted by Gasteiger charge is -2.10. The van der Waals surface area contributed by atoms with E-state index in [0.29, 0.717) is 23.1 Å². The topological polar surface area (TPSA) is 42.9 Å². The molecule has 0 aliphatic rings. The van der Waals surface area contributed by atoms with E-state index in [0.717, 1.165) is 29.0 Å². The van der Waals surface area contributed by atoms with Gasteiger partial charge in [0, 0.05) is 18.2 Å². The summed E-state index contributed by atoms with van der Waals surface area (Å²) in [6, 6.07) is 13.5. The molecule has 2 heterocycles. The van der Waals surface area contributed by atoms with E-state index in [1.54, 1.807) is 12.1 Å². The summed E-state index contributed by atoms with van der Waals surface area (Å²) < 4.78 is 39.0. The highest BCUT2D eigenvalue weighted by Gasteiger charge is 2.36. The lowest BCUT2D eigenvalue weighted by molar-refractivity contribution is -0.141. The highest BCUT2D eigenvalue weighted by molar-refractivity contribution is 6.32. The molecule has 0 radical (unpaired) electrons. The van der Waals surface area contributed by atoms with Crippen molar-refractivity contribution in [1.82, 2.24) is 9.97 Å². The number of carbonyl (C=O) groups is 1. The number of rotatable bonds is 6. The van der Waals surface area contributed by atoms with Crippen LogP contribution in [0.15, 0.2) is 54.7 Å². The molecule has 0 saturated carbocycles. The van der Waals surface area contributed by atoms with E-state index in [-0.39, 0.29) is 12.0 Å². The normalized spacial score (nSPS) is 11.5. The van der Waals surface area contributed by atoms with Gasteiger partial charge in [0.2, 0.25) is 0 Å². The maximum absolute atomic E-state index is 13.0. The smallest absolute Gasteiger partial charge is 0.294 e. The van der Waals surface area contributed by atoms with E-state index in [1.807, 2.05) is 24.3 Å². The fourth-order valence-electron chi connectivity index (χ4n) is 2.94. The standard InChI is InChI=1S/C21H15Cl2F3N2O/c22-18-11-15(12-19(23)28-18)14-8-6-13(7-9-14)3-1-5-17(29)16-4-2-10-27-20(16)21(24,25)26/h2,4,6-12H,1,3,5H2. The number of pyridine rings is 2. The van der Waals surface area contributed by atoms with E-state index in [1.165, 1.54) is 6.07 Å². The van der Waals surface area contributed by atoms with Crippen LogP contribution in [-0.4, -0.2) is 15.8 Å². The SMILES string of the molecule is O=C(CCCc1ccc(-c2cc(Cl)nc(Cl)c2)cc1)c1cccnc1C(F)(F)F. The van der Waals surface area contributed by atoms with Gasteiger partial charge in [0.1, 0.15) is 10.3 Å². The molecule has 0 spiro atoms. The van der Waals surface area contributed by atoms with E-state index in [4.69, 9.17) is 23.2 Å². The van der Waals surface area contributed by atoms with Crippen LogP contribution >= 0.6 is 23.2 Å². The number of hydrogen-bond acceptors (Lipinski definition) is 3. The van der Waals surface area contributed by atoms with Crippen molar-refractivity contribution < 1.29 is 18.0 Å². The van der Waals surface area contributed by atoms with Crippen molar-refractivity contribution in [3.63, 3.8) is 0 Å². The Balaban J connectivity index is 1.62. The van der Waals surface area contributed by atoms with Crippen LogP contribution in [0.4, 0.5) is 13.2 Å². The maximum atomic E-state index is 13.0. The number of halogens is 5. The minimum absolute atomic E-state index is 0.00605. The number of alkyl halides is 3. The lowest BCUT2D eigenvalue weighted by Crippen LogP contribution is -2.15. The van der Waals surface area contributed by atoms with Crippen LogP contribution in [0.5, 0.6) is 0 Å². The molecule has 0 amide bonds. The first kappa shape index (κ1) is 21.3. The van der Waals surface area contributed by atoms with Gasteiger partial charge in [0.05, 0.1) is 0 Å². The molecule has 3 nitrogen and oxygen atoms in total. The molecule has 0 atom stereocenters. The second kappa shape index (κ2) is 8.93. The summed E-state index contributed by atoms with van der Waals surface area (Å²) in [6.07, 6.45) is -2.62. The van der Waals surface area contributed by atoms with E-state index < -0.39 is 17.7 Å². The van der Waals surface area contributed by atoms with Crippen molar-refractivity contribution in [1.29, 1.82) is 0 Å². The molecular weight excluding hydrogens is 424 g/mol. The number of hydrogen-bond donors (Lipinski definition) is 0. The highest BCUT2D eigenvalue weighted by atomic mass is 35.5. The number of aryl methyl sites for hydroxylation is 1. The molecule has 3 rings (SSSR count). The average molecular weight is 439 g/mol. The van der Waals surface area contributed by atoms with E-state index in [2.05, 4.69) is 9.97 Å². The second-order valence-corrected chi connectivity index (χ2v) is 7.15. The number of carbonyl (C=O) groups excluding carboxylic acids is 1. The van der Waals surface area contributed by atoms with Gasteiger partial charge in [0.25, 0.3) is 0 Å². The Labute approximate surface area is 175 Å². The minimum Gasteiger partial charge on any atom is -0.294 e. The Bertz CT molecular complexity index is 1000. The Hall–Kier alpha value is -2.44. The molecule has 8 heteroatoms. The minimum atomic E-state index is -4.65. The molecule has 0 aliphatic carbocycles. The highest BCUT2D eigenvalue weighted by Crippen LogP contribution is 2.31. The summed E-state index contributed by atoms with van der Waals surface area (Å²) in [5, 5.41) is 0.590. The average Bonchev–Trinajstić information content (AvgIpc) is 2.67. The number of aromatic nitrogens is 2. The van der Waals surface area contributed by atoms with Crippen LogP contribution in [0.25, 0.3) is 11.1 Å². The Morgan fingerprint density at radius 1 is 0.966 bits per heavy atom. The largest absolute Gasteiger partial charge is 0.434 e. The van der Waals surface area contributed by atoms with Crippen molar-refractivity contribution >= 4 is 29.0 Å². The monoisotopic (exact) mass is 438 g/mol. The van der Waals surface area contributed by atoms with Gasteiger partial charge in [0.15, 0.2) is 11.5 Å². The third-order valence-corrected chi connectivity index (χ3v) is 4.68. The van der Waals surface area contributed by atoms with Crippen molar-refractivity contribution in [3.05, 3.63) is 81.9 Å². The van der Waals surface area contributed by atoms with Crippen molar-refractivity contribution in [2.24, 2.45) is 0 Å².